The highest BCUT2D eigenvalue weighted by molar-refractivity contribution is 5.91. The first-order chi connectivity index (χ1) is 16.9. The van der Waals surface area contributed by atoms with Gasteiger partial charge < -0.3 is 14.2 Å². The molecule has 5 rings (SSSR count). The largest absolute Gasteiger partial charge is 0.420 e. The fraction of sp³-hybridized carbons (Fsp3) is 0.321. The third-order valence-corrected chi connectivity index (χ3v) is 6.86. The minimum Gasteiger partial charge on any atom is -0.420 e. The first kappa shape index (κ1) is 23.6. The molecule has 1 atom stereocenters. The Bertz CT molecular complexity index is 1230. The summed E-state index contributed by atoms with van der Waals surface area (Å²) >= 11 is 0. The van der Waals surface area contributed by atoms with Crippen LogP contribution in [0.3, 0.4) is 0 Å². The average Bonchev–Trinajstić information content (AvgIpc) is 3.72. The van der Waals surface area contributed by atoms with E-state index in [0.29, 0.717) is 41.7 Å². The molecule has 3 aromatic rings. The highest BCUT2D eigenvalue weighted by atomic mass is 19.2. The molecule has 1 unspecified atom stereocenters. The Morgan fingerprint density at radius 1 is 0.857 bits per heavy atom. The van der Waals surface area contributed by atoms with E-state index in [2.05, 4.69) is 0 Å². The third-order valence-electron chi connectivity index (χ3n) is 6.86. The van der Waals surface area contributed by atoms with Crippen LogP contribution in [0.1, 0.15) is 59.2 Å². The molecule has 7 heteroatoms. The van der Waals surface area contributed by atoms with E-state index >= 15 is 0 Å². The minimum absolute atomic E-state index is 0.0936. The van der Waals surface area contributed by atoms with Crippen molar-refractivity contribution in [2.24, 2.45) is 0 Å². The molecule has 0 bridgehead atoms. The van der Waals surface area contributed by atoms with Gasteiger partial charge in [0.15, 0.2) is 11.6 Å². The Labute approximate surface area is 201 Å². The van der Waals surface area contributed by atoms with Crippen LogP contribution in [0.15, 0.2) is 54.6 Å². The van der Waals surface area contributed by atoms with E-state index in [0.717, 1.165) is 12.8 Å². The van der Waals surface area contributed by atoms with Crippen LogP contribution in [0.5, 0.6) is 5.75 Å². The van der Waals surface area contributed by atoms with Gasteiger partial charge in [0.1, 0.15) is 11.9 Å². The van der Waals surface area contributed by atoms with Gasteiger partial charge in [-0.15, -0.1) is 0 Å². The predicted molar refractivity (Wildman–Crippen MR) is 124 cm³/mol. The number of methoxy groups -OCH3 is 1. The number of carbonyl (C=O) groups is 1. The SMILES string of the molecule is COC1CCC(c2ccc(OC(=O)c3ccc(-c4ccc(C5CO5)c(F)c4)cc3)c(F)c2F)CC1. The number of rotatable bonds is 6. The summed E-state index contributed by atoms with van der Waals surface area (Å²) in [5, 5.41) is 0. The van der Waals surface area contributed by atoms with Crippen LogP contribution >= 0.6 is 0 Å². The van der Waals surface area contributed by atoms with E-state index in [9.17, 15) is 18.0 Å². The molecule has 1 aliphatic heterocycles. The lowest BCUT2D eigenvalue weighted by Gasteiger charge is -2.28. The van der Waals surface area contributed by atoms with Crippen LogP contribution in [0, 0.1) is 17.5 Å². The molecule has 4 nitrogen and oxygen atoms in total. The van der Waals surface area contributed by atoms with Gasteiger partial charge in [0.05, 0.1) is 18.3 Å². The summed E-state index contributed by atoms with van der Waals surface area (Å²) in [5.41, 5.74) is 2.34. The van der Waals surface area contributed by atoms with Crippen molar-refractivity contribution >= 4 is 5.97 Å². The van der Waals surface area contributed by atoms with Crippen LogP contribution in [0.25, 0.3) is 11.1 Å². The molecule has 3 aromatic carbocycles. The Hall–Kier alpha value is -3.16. The lowest BCUT2D eigenvalue weighted by molar-refractivity contribution is 0.0653. The van der Waals surface area contributed by atoms with Crippen molar-refractivity contribution in [3.8, 4) is 16.9 Å². The van der Waals surface area contributed by atoms with Crippen LogP contribution in [-0.4, -0.2) is 25.8 Å². The molecule has 1 aliphatic carbocycles. The van der Waals surface area contributed by atoms with Crippen molar-refractivity contribution in [1.82, 2.24) is 0 Å². The van der Waals surface area contributed by atoms with Crippen molar-refractivity contribution in [2.75, 3.05) is 13.7 Å². The molecule has 0 radical (unpaired) electrons. The fourth-order valence-corrected chi connectivity index (χ4v) is 4.70. The summed E-state index contributed by atoms with van der Waals surface area (Å²) in [6.07, 6.45) is 2.98. The summed E-state index contributed by atoms with van der Waals surface area (Å²) in [7, 11) is 1.66. The van der Waals surface area contributed by atoms with Gasteiger partial charge in [0, 0.05) is 12.7 Å². The number of halogens is 3. The van der Waals surface area contributed by atoms with Crippen molar-refractivity contribution < 1.29 is 32.2 Å². The van der Waals surface area contributed by atoms with Gasteiger partial charge >= 0.3 is 5.97 Å². The van der Waals surface area contributed by atoms with Gasteiger partial charge in [-0.1, -0.05) is 30.3 Å². The summed E-state index contributed by atoms with van der Waals surface area (Å²) in [6.45, 7) is 0.523. The second kappa shape index (κ2) is 9.84. The molecule has 1 heterocycles. The van der Waals surface area contributed by atoms with Gasteiger partial charge in [-0.3, -0.25) is 0 Å². The quantitative estimate of drug-likeness (QED) is 0.222. The molecule has 0 N–H and O–H groups in total. The third kappa shape index (κ3) is 4.97. The van der Waals surface area contributed by atoms with E-state index in [1.54, 1.807) is 31.4 Å². The zero-order chi connectivity index (χ0) is 24.5. The number of carbonyl (C=O) groups excluding carboxylic acids is 1. The summed E-state index contributed by atoms with van der Waals surface area (Å²) < 4.78 is 59.5. The maximum absolute atomic E-state index is 14.8. The van der Waals surface area contributed by atoms with E-state index in [1.165, 1.54) is 30.3 Å². The van der Waals surface area contributed by atoms with Gasteiger partial charge in [-0.25, -0.2) is 13.6 Å². The van der Waals surface area contributed by atoms with Crippen LogP contribution in [0.4, 0.5) is 13.2 Å². The van der Waals surface area contributed by atoms with Crippen molar-refractivity contribution in [1.29, 1.82) is 0 Å². The number of benzene rings is 3. The monoisotopic (exact) mass is 482 g/mol. The van der Waals surface area contributed by atoms with Crippen molar-refractivity contribution in [2.45, 2.75) is 43.8 Å². The molecule has 1 saturated heterocycles. The lowest BCUT2D eigenvalue weighted by atomic mass is 9.82. The van der Waals surface area contributed by atoms with Gasteiger partial charge in [-0.2, -0.15) is 4.39 Å². The number of esters is 1. The summed E-state index contributed by atoms with van der Waals surface area (Å²) in [4.78, 5) is 12.6. The van der Waals surface area contributed by atoms with E-state index in [-0.39, 0.29) is 29.5 Å². The highest BCUT2D eigenvalue weighted by Crippen LogP contribution is 2.37. The highest BCUT2D eigenvalue weighted by Gasteiger charge is 2.28. The second-order valence-corrected chi connectivity index (χ2v) is 9.02. The lowest BCUT2D eigenvalue weighted by Crippen LogP contribution is -2.20. The van der Waals surface area contributed by atoms with Gasteiger partial charge in [0.2, 0.25) is 5.82 Å². The predicted octanol–water partition coefficient (Wildman–Crippen LogP) is 6.73. The maximum Gasteiger partial charge on any atom is 0.343 e. The first-order valence-corrected chi connectivity index (χ1v) is 11.7. The first-order valence-electron chi connectivity index (χ1n) is 11.7. The minimum atomic E-state index is -1.17. The van der Waals surface area contributed by atoms with Crippen molar-refractivity contribution in [3.63, 3.8) is 0 Å². The zero-order valence-corrected chi connectivity index (χ0v) is 19.2. The molecule has 0 aromatic heterocycles. The van der Waals surface area contributed by atoms with Crippen LogP contribution in [-0.2, 0) is 9.47 Å². The molecule has 0 spiro atoms. The molecular weight excluding hydrogens is 457 g/mol. The number of hydrogen-bond donors (Lipinski definition) is 0. The fourth-order valence-electron chi connectivity index (χ4n) is 4.70. The van der Waals surface area contributed by atoms with Crippen LogP contribution in [0.2, 0.25) is 0 Å². The topological polar surface area (TPSA) is 48.1 Å². The van der Waals surface area contributed by atoms with Gasteiger partial charge in [0.25, 0.3) is 0 Å². The Morgan fingerprint density at radius 3 is 2.14 bits per heavy atom. The second-order valence-electron chi connectivity index (χ2n) is 9.02. The number of ether oxygens (including phenoxy) is 3. The Morgan fingerprint density at radius 2 is 1.51 bits per heavy atom. The molecule has 35 heavy (non-hydrogen) atoms. The standard InChI is InChI=1S/C28H25F3O4/c1-33-20-9-6-17(7-10-20)21-12-13-24(27(31)26(21)30)35-28(32)18-4-2-16(3-5-18)19-8-11-22(23(29)14-19)25-15-34-25/h2-5,8,11-14,17,20,25H,6-7,9-10,15H2,1H3. The van der Waals surface area contributed by atoms with E-state index < -0.39 is 23.4 Å². The number of epoxide rings is 1. The van der Waals surface area contributed by atoms with Crippen molar-refractivity contribution in [3.05, 3.63) is 88.7 Å². The van der Waals surface area contributed by atoms with Crippen LogP contribution < -0.4 is 4.74 Å². The van der Waals surface area contributed by atoms with Gasteiger partial charge in [-0.05, 0) is 72.6 Å². The maximum atomic E-state index is 14.8. The molecule has 2 fully saturated rings. The zero-order valence-electron chi connectivity index (χ0n) is 19.2. The summed E-state index contributed by atoms with van der Waals surface area (Å²) in [5.74, 6) is -3.85. The summed E-state index contributed by atoms with van der Waals surface area (Å²) in [6, 6.07) is 14.0. The number of hydrogen-bond acceptors (Lipinski definition) is 4. The molecule has 1 saturated carbocycles. The molecule has 2 aliphatic rings. The molecular formula is C28H25F3O4. The average molecular weight is 482 g/mol. The molecule has 182 valence electrons. The van der Waals surface area contributed by atoms with E-state index in [4.69, 9.17) is 14.2 Å². The Kier molecular flexibility index (Phi) is 6.62. The molecule has 0 amide bonds. The Balaban J connectivity index is 1.27. The van der Waals surface area contributed by atoms with E-state index in [1.807, 2.05) is 0 Å². The normalized spacial score (nSPS) is 21.5. The smallest absolute Gasteiger partial charge is 0.343 e.